The number of hydrogen-bond acceptors (Lipinski definition) is 4. The molecule has 2 rings (SSSR count). The summed E-state index contributed by atoms with van der Waals surface area (Å²) in [7, 11) is 0. The Morgan fingerprint density at radius 2 is 2.27 bits per heavy atom. The van der Waals surface area contributed by atoms with Crippen LogP contribution in [0.5, 0.6) is 0 Å². The highest BCUT2D eigenvalue weighted by Crippen LogP contribution is 2.13. The number of rotatable bonds is 2. The zero-order valence-electron chi connectivity index (χ0n) is 8.38. The number of carboxylic acid groups (broad SMARTS) is 1. The average Bonchev–Trinajstić information content (AvgIpc) is 2.59. The molecule has 0 spiro atoms. The molecule has 0 aliphatic rings. The largest absolute Gasteiger partial charge is 0.478 e. The zero-order chi connectivity index (χ0) is 11.0. The lowest BCUT2D eigenvalue weighted by Gasteiger charge is -2.03. The van der Waals surface area contributed by atoms with Crippen molar-refractivity contribution >= 4 is 17.1 Å². The molecule has 2 aromatic heterocycles. The summed E-state index contributed by atoms with van der Waals surface area (Å²) in [5.74, 6) is -1.01. The second-order valence-corrected chi connectivity index (χ2v) is 3.50. The van der Waals surface area contributed by atoms with E-state index in [1.807, 2.05) is 13.8 Å². The number of carbonyl (C=O) groups is 1. The number of carboxylic acids is 1. The summed E-state index contributed by atoms with van der Waals surface area (Å²) in [6.45, 7) is 3.92. The summed E-state index contributed by atoms with van der Waals surface area (Å²) in [6, 6.07) is 1.62. The van der Waals surface area contributed by atoms with Crippen LogP contribution < -0.4 is 0 Å². The van der Waals surface area contributed by atoms with Crippen LogP contribution >= 0.6 is 0 Å². The molecule has 78 valence electrons. The van der Waals surface area contributed by atoms with E-state index in [0.29, 0.717) is 11.2 Å². The Bertz CT molecular complexity index is 518. The molecule has 0 aliphatic carbocycles. The third-order valence-corrected chi connectivity index (χ3v) is 2.05. The van der Waals surface area contributed by atoms with E-state index >= 15 is 0 Å². The second kappa shape index (κ2) is 3.30. The minimum atomic E-state index is -1.01. The van der Waals surface area contributed by atoms with Gasteiger partial charge in [0.25, 0.3) is 0 Å². The lowest BCUT2D eigenvalue weighted by atomic mass is 10.3. The normalized spacial score (nSPS) is 11.1. The van der Waals surface area contributed by atoms with Gasteiger partial charge < -0.3 is 5.11 Å². The van der Waals surface area contributed by atoms with Crippen molar-refractivity contribution in [1.82, 2.24) is 20.0 Å². The van der Waals surface area contributed by atoms with Crippen molar-refractivity contribution in [3.8, 4) is 0 Å². The van der Waals surface area contributed by atoms with Crippen molar-refractivity contribution in [2.75, 3.05) is 0 Å². The fraction of sp³-hybridized carbons (Fsp3) is 0.333. The predicted octanol–water partition coefficient (Wildman–Crippen LogP) is 1.11. The lowest BCUT2D eigenvalue weighted by Crippen LogP contribution is -2.04. The molecule has 2 heterocycles. The van der Waals surface area contributed by atoms with Crippen LogP contribution in [-0.2, 0) is 0 Å². The summed E-state index contributed by atoms with van der Waals surface area (Å²) in [5, 5.41) is 16.5. The third-order valence-electron chi connectivity index (χ3n) is 2.05. The lowest BCUT2D eigenvalue weighted by molar-refractivity contribution is 0.0696. The van der Waals surface area contributed by atoms with Gasteiger partial charge in [-0.05, 0) is 19.9 Å². The fourth-order valence-corrected chi connectivity index (χ4v) is 1.30. The molecule has 0 amide bonds. The van der Waals surface area contributed by atoms with Crippen LogP contribution in [0.3, 0.4) is 0 Å². The van der Waals surface area contributed by atoms with Gasteiger partial charge in [-0.1, -0.05) is 5.21 Å². The first-order chi connectivity index (χ1) is 7.09. The molecule has 0 bridgehead atoms. The molecule has 0 atom stereocenters. The Hall–Kier alpha value is -1.98. The number of aromatic nitrogens is 4. The molecule has 6 nitrogen and oxygen atoms in total. The van der Waals surface area contributed by atoms with E-state index in [1.54, 1.807) is 4.68 Å². The van der Waals surface area contributed by atoms with Gasteiger partial charge in [0.2, 0.25) is 0 Å². The number of nitrogens with zero attached hydrogens (tertiary/aromatic N) is 4. The first-order valence-corrected chi connectivity index (χ1v) is 4.54. The van der Waals surface area contributed by atoms with Gasteiger partial charge in [0.15, 0.2) is 5.65 Å². The highest BCUT2D eigenvalue weighted by Gasteiger charge is 2.11. The summed E-state index contributed by atoms with van der Waals surface area (Å²) < 4.78 is 1.65. The molecule has 2 aromatic rings. The van der Waals surface area contributed by atoms with Gasteiger partial charge >= 0.3 is 5.97 Å². The SMILES string of the molecule is CC(C)n1nnc2cc(C(=O)O)cnc21. The van der Waals surface area contributed by atoms with Gasteiger partial charge in [0, 0.05) is 6.20 Å². The number of fused-ring (bicyclic) bond motifs is 1. The highest BCUT2D eigenvalue weighted by molar-refractivity contribution is 5.90. The van der Waals surface area contributed by atoms with Gasteiger partial charge in [-0.15, -0.1) is 5.10 Å². The highest BCUT2D eigenvalue weighted by atomic mass is 16.4. The van der Waals surface area contributed by atoms with Gasteiger partial charge in [-0.3, -0.25) is 0 Å². The quantitative estimate of drug-likeness (QED) is 0.795. The van der Waals surface area contributed by atoms with Crippen LogP contribution in [-0.4, -0.2) is 31.1 Å². The standard InChI is InChI=1S/C9H10N4O2/c1-5(2)13-8-7(11-12-13)3-6(4-10-8)9(14)15/h3-5H,1-2H3,(H,14,15). The van der Waals surface area contributed by atoms with E-state index < -0.39 is 5.97 Å². The predicted molar refractivity (Wildman–Crippen MR) is 52.7 cm³/mol. The molecule has 0 saturated heterocycles. The molecule has 0 saturated carbocycles. The molecule has 6 heteroatoms. The maximum Gasteiger partial charge on any atom is 0.337 e. The maximum absolute atomic E-state index is 10.7. The van der Waals surface area contributed by atoms with E-state index in [2.05, 4.69) is 15.3 Å². The summed E-state index contributed by atoms with van der Waals surface area (Å²) in [4.78, 5) is 14.7. The van der Waals surface area contributed by atoms with Crippen LogP contribution in [0.2, 0.25) is 0 Å². The van der Waals surface area contributed by atoms with Crippen molar-refractivity contribution in [2.24, 2.45) is 0 Å². The van der Waals surface area contributed by atoms with Gasteiger partial charge in [-0.2, -0.15) is 0 Å². The minimum absolute atomic E-state index is 0.123. The van der Waals surface area contributed by atoms with Crippen LogP contribution in [0.15, 0.2) is 12.3 Å². The topological polar surface area (TPSA) is 80.9 Å². The zero-order valence-corrected chi connectivity index (χ0v) is 8.38. The number of aromatic carboxylic acids is 1. The molecule has 1 N–H and O–H groups in total. The van der Waals surface area contributed by atoms with Crippen LogP contribution in [0, 0.1) is 0 Å². The smallest absolute Gasteiger partial charge is 0.337 e. The number of hydrogen-bond donors (Lipinski definition) is 1. The van der Waals surface area contributed by atoms with E-state index in [0.717, 1.165) is 0 Å². The van der Waals surface area contributed by atoms with E-state index in [9.17, 15) is 4.79 Å². The molecular weight excluding hydrogens is 196 g/mol. The van der Waals surface area contributed by atoms with Crippen molar-refractivity contribution < 1.29 is 9.90 Å². The third kappa shape index (κ3) is 1.54. The second-order valence-electron chi connectivity index (χ2n) is 3.50. The fourth-order valence-electron chi connectivity index (χ4n) is 1.30. The monoisotopic (exact) mass is 206 g/mol. The Labute approximate surface area is 85.5 Å². The maximum atomic E-state index is 10.7. The Morgan fingerprint density at radius 3 is 2.87 bits per heavy atom. The van der Waals surface area contributed by atoms with E-state index in [4.69, 9.17) is 5.11 Å². The summed E-state index contributed by atoms with van der Waals surface area (Å²) >= 11 is 0. The Kier molecular flexibility index (Phi) is 2.11. The Balaban J connectivity index is 2.61. The van der Waals surface area contributed by atoms with Crippen LogP contribution in [0.1, 0.15) is 30.2 Å². The molecule has 0 aliphatic heterocycles. The molecule has 0 aromatic carbocycles. The Morgan fingerprint density at radius 1 is 1.53 bits per heavy atom. The van der Waals surface area contributed by atoms with Gasteiger partial charge in [-0.25, -0.2) is 14.5 Å². The molecular formula is C9H10N4O2. The van der Waals surface area contributed by atoms with Crippen LogP contribution in [0.25, 0.3) is 11.2 Å². The van der Waals surface area contributed by atoms with E-state index in [1.165, 1.54) is 12.3 Å². The minimum Gasteiger partial charge on any atom is -0.478 e. The first-order valence-electron chi connectivity index (χ1n) is 4.54. The summed E-state index contributed by atoms with van der Waals surface area (Å²) in [5.41, 5.74) is 1.23. The van der Waals surface area contributed by atoms with Crippen LogP contribution in [0.4, 0.5) is 0 Å². The molecule has 15 heavy (non-hydrogen) atoms. The van der Waals surface area contributed by atoms with Crippen molar-refractivity contribution in [3.63, 3.8) is 0 Å². The van der Waals surface area contributed by atoms with Crippen molar-refractivity contribution in [3.05, 3.63) is 17.8 Å². The van der Waals surface area contributed by atoms with Gasteiger partial charge in [0.1, 0.15) is 5.52 Å². The van der Waals surface area contributed by atoms with Crippen molar-refractivity contribution in [2.45, 2.75) is 19.9 Å². The molecule has 0 fully saturated rings. The van der Waals surface area contributed by atoms with Crippen molar-refractivity contribution in [1.29, 1.82) is 0 Å². The van der Waals surface area contributed by atoms with Gasteiger partial charge in [0.05, 0.1) is 11.6 Å². The molecule has 0 unspecified atom stereocenters. The average molecular weight is 206 g/mol. The van der Waals surface area contributed by atoms with E-state index in [-0.39, 0.29) is 11.6 Å². The number of pyridine rings is 1. The first kappa shape index (κ1) is 9.57. The molecule has 0 radical (unpaired) electrons. The summed E-state index contributed by atoms with van der Waals surface area (Å²) in [6.07, 6.45) is 1.31.